The molecule has 0 bridgehead atoms. The van der Waals surface area contributed by atoms with Crippen molar-refractivity contribution in [3.05, 3.63) is 57.0 Å². The van der Waals surface area contributed by atoms with Gasteiger partial charge in [-0.1, -0.05) is 12.1 Å². The SMILES string of the molecule is CC(C)n1[nH]c(=O)c2c(-c3ccc(OC(F)(F)F)cc3)c3oc4c(O)c(=O)ccc4c3[nH]c21. The molecule has 5 aromatic rings. The van der Waals surface area contributed by atoms with Crippen molar-refractivity contribution in [1.29, 1.82) is 0 Å². The van der Waals surface area contributed by atoms with Gasteiger partial charge in [0, 0.05) is 17.0 Å². The maximum absolute atomic E-state index is 12.9. The van der Waals surface area contributed by atoms with E-state index in [9.17, 15) is 27.9 Å². The summed E-state index contributed by atoms with van der Waals surface area (Å²) in [6.07, 6.45) is -4.85. The minimum Gasteiger partial charge on any atom is -0.502 e. The van der Waals surface area contributed by atoms with E-state index in [0.717, 1.165) is 12.1 Å². The lowest BCUT2D eigenvalue weighted by atomic mass is 10.0. The molecule has 11 heteroatoms. The largest absolute Gasteiger partial charge is 0.573 e. The number of furan rings is 1. The number of aromatic hydroxyl groups is 1. The van der Waals surface area contributed by atoms with E-state index in [1.807, 2.05) is 13.8 Å². The molecule has 2 aromatic carbocycles. The Balaban J connectivity index is 1.90. The van der Waals surface area contributed by atoms with Crippen LogP contribution in [0.5, 0.6) is 11.5 Å². The number of rotatable bonds is 3. The summed E-state index contributed by atoms with van der Waals surface area (Å²) in [6.45, 7) is 3.72. The summed E-state index contributed by atoms with van der Waals surface area (Å²) in [5.74, 6) is -1.00. The average molecular weight is 459 g/mol. The highest BCUT2D eigenvalue weighted by Crippen LogP contribution is 2.40. The smallest absolute Gasteiger partial charge is 0.502 e. The molecule has 3 heterocycles. The number of fused-ring (bicyclic) bond motifs is 4. The minimum absolute atomic E-state index is 0.0628. The van der Waals surface area contributed by atoms with Crippen molar-refractivity contribution in [3.63, 3.8) is 0 Å². The van der Waals surface area contributed by atoms with Gasteiger partial charge in [0.05, 0.1) is 10.9 Å². The lowest BCUT2D eigenvalue weighted by molar-refractivity contribution is -0.274. The molecule has 0 aliphatic carbocycles. The first-order chi connectivity index (χ1) is 15.5. The number of hydrogen-bond donors (Lipinski definition) is 3. The average Bonchev–Trinajstić information content (AvgIpc) is 3.27. The molecule has 3 N–H and O–H groups in total. The Kier molecular flexibility index (Phi) is 4.35. The van der Waals surface area contributed by atoms with E-state index < -0.39 is 28.8 Å². The van der Waals surface area contributed by atoms with E-state index >= 15 is 0 Å². The van der Waals surface area contributed by atoms with Crippen molar-refractivity contribution in [1.82, 2.24) is 14.8 Å². The second-order valence-electron chi connectivity index (χ2n) is 7.80. The molecule has 0 saturated carbocycles. The third kappa shape index (κ3) is 3.23. The number of halogens is 3. The van der Waals surface area contributed by atoms with Gasteiger partial charge in [-0.3, -0.25) is 19.4 Å². The van der Waals surface area contributed by atoms with E-state index in [-0.39, 0.29) is 22.6 Å². The highest BCUT2D eigenvalue weighted by molar-refractivity contribution is 6.15. The first-order valence-electron chi connectivity index (χ1n) is 9.86. The third-order valence-corrected chi connectivity index (χ3v) is 5.34. The van der Waals surface area contributed by atoms with Crippen LogP contribution in [-0.2, 0) is 0 Å². The van der Waals surface area contributed by atoms with Gasteiger partial charge in [-0.15, -0.1) is 13.2 Å². The highest BCUT2D eigenvalue weighted by Gasteiger charge is 2.31. The van der Waals surface area contributed by atoms with E-state index in [2.05, 4.69) is 14.8 Å². The fraction of sp³-hybridized carbons (Fsp3) is 0.182. The molecule has 0 unspecified atom stereocenters. The highest BCUT2D eigenvalue weighted by atomic mass is 19.4. The van der Waals surface area contributed by atoms with Crippen molar-refractivity contribution in [2.24, 2.45) is 0 Å². The zero-order valence-corrected chi connectivity index (χ0v) is 17.2. The van der Waals surface area contributed by atoms with Crippen LogP contribution in [0.15, 0.2) is 50.4 Å². The van der Waals surface area contributed by atoms with E-state index in [0.29, 0.717) is 27.7 Å². The van der Waals surface area contributed by atoms with Gasteiger partial charge in [0.2, 0.25) is 11.2 Å². The number of aromatic amines is 2. The third-order valence-electron chi connectivity index (χ3n) is 5.34. The number of pyridine rings is 1. The molecule has 0 spiro atoms. The van der Waals surface area contributed by atoms with Crippen molar-refractivity contribution in [3.8, 4) is 22.6 Å². The predicted molar refractivity (Wildman–Crippen MR) is 115 cm³/mol. The molecular formula is C22H16F3N3O5. The van der Waals surface area contributed by atoms with Crippen LogP contribution >= 0.6 is 0 Å². The molecule has 170 valence electrons. The quantitative estimate of drug-likeness (QED) is 0.360. The number of phenolic OH excluding ortho intramolecular Hbond substituents is 1. The number of aromatic nitrogens is 3. The van der Waals surface area contributed by atoms with Crippen LogP contribution in [0.2, 0.25) is 0 Å². The van der Waals surface area contributed by atoms with E-state index in [4.69, 9.17) is 4.42 Å². The molecule has 3 aromatic heterocycles. The molecular weight excluding hydrogens is 443 g/mol. The molecule has 0 radical (unpaired) electrons. The summed E-state index contributed by atoms with van der Waals surface area (Å²) < 4.78 is 49.1. The van der Waals surface area contributed by atoms with Gasteiger partial charge in [-0.2, -0.15) is 0 Å². The normalized spacial score (nSPS) is 12.4. The van der Waals surface area contributed by atoms with Crippen LogP contribution in [0.1, 0.15) is 19.9 Å². The van der Waals surface area contributed by atoms with Gasteiger partial charge < -0.3 is 19.2 Å². The number of phenols is 1. The number of nitrogens with one attached hydrogen (secondary N) is 2. The number of alkyl halides is 3. The van der Waals surface area contributed by atoms with Crippen LogP contribution in [0.4, 0.5) is 13.2 Å². The first kappa shape index (κ1) is 20.7. The topological polar surface area (TPSA) is 113 Å². The maximum atomic E-state index is 12.9. The second kappa shape index (κ2) is 6.92. The zero-order valence-electron chi connectivity index (χ0n) is 17.2. The van der Waals surface area contributed by atoms with Crippen molar-refractivity contribution in [2.75, 3.05) is 0 Å². The number of hydrogen-bond acceptors (Lipinski definition) is 5. The van der Waals surface area contributed by atoms with Gasteiger partial charge >= 0.3 is 6.36 Å². The van der Waals surface area contributed by atoms with Crippen LogP contribution in [0, 0.1) is 0 Å². The molecule has 0 saturated heterocycles. The van der Waals surface area contributed by atoms with E-state index in [1.165, 1.54) is 24.3 Å². The fourth-order valence-corrected chi connectivity index (χ4v) is 3.95. The Labute approximate surface area is 181 Å². The summed E-state index contributed by atoms with van der Waals surface area (Å²) in [5, 5.41) is 13.6. The van der Waals surface area contributed by atoms with Crippen molar-refractivity contribution in [2.45, 2.75) is 26.3 Å². The molecule has 0 aliphatic heterocycles. The number of nitrogens with zero attached hydrogens (tertiary/aromatic N) is 1. The Morgan fingerprint density at radius 3 is 2.39 bits per heavy atom. The van der Waals surface area contributed by atoms with Crippen LogP contribution in [-0.4, -0.2) is 26.2 Å². The minimum atomic E-state index is -4.85. The van der Waals surface area contributed by atoms with Gasteiger partial charge in [-0.05, 0) is 43.7 Å². The molecule has 8 nitrogen and oxygen atoms in total. The molecule has 33 heavy (non-hydrogen) atoms. The molecule has 0 amide bonds. The van der Waals surface area contributed by atoms with Gasteiger partial charge in [0.1, 0.15) is 11.4 Å². The Bertz CT molecular complexity index is 1650. The summed E-state index contributed by atoms with van der Waals surface area (Å²) in [6, 6.07) is 7.53. The van der Waals surface area contributed by atoms with Crippen molar-refractivity contribution < 1.29 is 27.4 Å². The standard InChI is InChI=1S/C22H16F3N3O5/c1-9(2)28-20-15(21(31)27-28)14(10-3-5-11(6-4-10)33-22(23,24)25)19-16(26-20)12-7-8-13(29)17(30)18(12)32-19/h3-9,26,30H,1-2H3,(H,27,31). The molecule has 0 fully saturated rings. The Morgan fingerprint density at radius 1 is 1.06 bits per heavy atom. The Hall–Kier alpha value is -4.15. The van der Waals surface area contributed by atoms with Gasteiger partial charge in [0.15, 0.2) is 11.2 Å². The summed E-state index contributed by atoms with van der Waals surface area (Å²) in [4.78, 5) is 28.0. The van der Waals surface area contributed by atoms with Crippen molar-refractivity contribution >= 4 is 33.1 Å². The summed E-state index contributed by atoms with van der Waals surface area (Å²) in [7, 11) is 0. The lowest BCUT2D eigenvalue weighted by Crippen LogP contribution is -2.16. The van der Waals surface area contributed by atoms with Gasteiger partial charge in [0.25, 0.3) is 5.56 Å². The monoisotopic (exact) mass is 459 g/mol. The number of ether oxygens (including phenoxy) is 1. The van der Waals surface area contributed by atoms with Crippen LogP contribution in [0.25, 0.3) is 44.2 Å². The summed E-state index contributed by atoms with van der Waals surface area (Å²) in [5.41, 5.74) is 0.514. The van der Waals surface area contributed by atoms with Gasteiger partial charge in [-0.25, -0.2) is 0 Å². The maximum Gasteiger partial charge on any atom is 0.573 e. The zero-order chi connectivity index (χ0) is 23.7. The molecule has 0 atom stereocenters. The summed E-state index contributed by atoms with van der Waals surface area (Å²) >= 11 is 0. The van der Waals surface area contributed by atoms with Crippen LogP contribution < -0.4 is 15.7 Å². The lowest BCUT2D eigenvalue weighted by Gasteiger charge is -2.11. The second-order valence-corrected chi connectivity index (χ2v) is 7.80. The molecule has 5 rings (SSSR count). The van der Waals surface area contributed by atoms with Crippen LogP contribution in [0.3, 0.4) is 0 Å². The number of H-pyrrole nitrogens is 2. The number of benzene rings is 2. The van der Waals surface area contributed by atoms with E-state index in [1.54, 1.807) is 4.68 Å². The predicted octanol–water partition coefficient (Wildman–Crippen LogP) is 4.77. The molecule has 0 aliphatic rings. The fourth-order valence-electron chi connectivity index (χ4n) is 3.95. The Morgan fingerprint density at radius 2 is 1.76 bits per heavy atom. The first-order valence-corrected chi connectivity index (χ1v) is 9.86.